The van der Waals surface area contributed by atoms with Gasteiger partial charge in [-0.1, -0.05) is 23.7 Å². The van der Waals surface area contributed by atoms with Crippen LogP contribution in [-0.4, -0.2) is 23.5 Å². The van der Waals surface area contributed by atoms with Crippen LogP contribution >= 0.6 is 11.6 Å². The lowest BCUT2D eigenvalue weighted by atomic mass is 9.83. The van der Waals surface area contributed by atoms with E-state index in [4.69, 9.17) is 16.7 Å². The molecule has 0 unspecified atom stereocenters. The van der Waals surface area contributed by atoms with E-state index in [9.17, 15) is 9.59 Å². The van der Waals surface area contributed by atoms with Crippen LogP contribution in [0.15, 0.2) is 24.3 Å². The number of carbonyl (C=O) groups excluding carboxylic acids is 1. The Bertz CT molecular complexity index is 521. The number of halogens is 1. The molecule has 0 bridgehead atoms. The van der Waals surface area contributed by atoms with Crippen molar-refractivity contribution in [1.29, 1.82) is 0 Å². The number of aliphatic carboxylic acids is 1. The molecule has 0 spiro atoms. The average Bonchev–Trinajstić information content (AvgIpc) is 2.38. The van der Waals surface area contributed by atoms with Crippen molar-refractivity contribution in [2.24, 2.45) is 5.41 Å². The largest absolute Gasteiger partial charge is 0.481 e. The molecule has 0 saturated heterocycles. The molecular formula is C16H22ClNO3. The monoisotopic (exact) mass is 311 g/mol. The number of benzene rings is 1. The number of hydrogen-bond acceptors (Lipinski definition) is 2. The van der Waals surface area contributed by atoms with Crippen molar-refractivity contribution < 1.29 is 14.7 Å². The molecule has 0 saturated carbocycles. The van der Waals surface area contributed by atoms with Gasteiger partial charge in [0.05, 0.1) is 10.8 Å². The van der Waals surface area contributed by atoms with Crippen molar-refractivity contribution in [3.8, 4) is 0 Å². The summed E-state index contributed by atoms with van der Waals surface area (Å²) in [5, 5.41) is 12.5. The molecule has 0 aromatic heterocycles. The minimum absolute atomic E-state index is 0.133. The fourth-order valence-electron chi connectivity index (χ4n) is 1.81. The van der Waals surface area contributed by atoms with Crippen molar-refractivity contribution >= 4 is 23.5 Å². The van der Waals surface area contributed by atoms with Crippen LogP contribution in [0.4, 0.5) is 0 Å². The smallest absolute Gasteiger partial charge is 0.309 e. The molecule has 1 rings (SSSR count). The summed E-state index contributed by atoms with van der Waals surface area (Å²) in [6.45, 7) is 7.27. The van der Waals surface area contributed by atoms with Gasteiger partial charge in [-0.25, -0.2) is 0 Å². The predicted molar refractivity (Wildman–Crippen MR) is 83.5 cm³/mol. The van der Waals surface area contributed by atoms with E-state index in [1.807, 2.05) is 26.0 Å². The lowest BCUT2D eigenvalue weighted by Crippen LogP contribution is -2.41. The second kappa shape index (κ2) is 6.48. The standard InChI is InChI=1S/C16H22ClNO3/c1-15(2,14(20)21)9-10-18-13(19)16(3,4)11-5-7-12(17)8-6-11/h5-8H,9-10H2,1-4H3,(H,18,19)(H,20,21). The Labute approximate surface area is 130 Å². The fraction of sp³-hybridized carbons (Fsp3) is 0.500. The zero-order valence-electron chi connectivity index (χ0n) is 12.9. The minimum Gasteiger partial charge on any atom is -0.481 e. The third-order valence-corrected chi connectivity index (χ3v) is 4.00. The topological polar surface area (TPSA) is 66.4 Å². The Morgan fingerprint density at radius 2 is 1.67 bits per heavy atom. The molecule has 1 amide bonds. The van der Waals surface area contributed by atoms with E-state index in [1.54, 1.807) is 26.0 Å². The molecule has 2 N–H and O–H groups in total. The van der Waals surface area contributed by atoms with E-state index >= 15 is 0 Å². The molecule has 1 aromatic rings. The van der Waals surface area contributed by atoms with Crippen molar-refractivity contribution in [3.05, 3.63) is 34.9 Å². The molecular weight excluding hydrogens is 290 g/mol. The third kappa shape index (κ3) is 4.46. The number of nitrogens with one attached hydrogen (secondary N) is 1. The molecule has 0 aliphatic carbocycles. The number of amides is 1. The minimum atomic E-state index is -0.867. The lowest BCUT2D eigenvalue weighted by molar-refractivity contribution is -0.147. The summed E-state index contributed by atoms with van der Waals surface area (Å²) in [6, 6.07) is 7.14. The molecule has 0 radical (unpaired) electrons. The SMILES string of the molecule is CC(C)(CCNC(=O)C(C)(C)c1ccc(Cl)cc1)C(=O)O. The first kappa shape index (κ1) is 17.5. The summed E-state index contributed by atoms with van der Waals surface area (Å²) in [5.41, 5.74) is -0.683. The van der Waals surface area contributed by atoms with Gasteiger partial charge in [0.15, 0.2) is 0 Å². The number of hydrogen-bond donors (Lipinski definition) is 2. The Hall–Kier alpha value is -1.55. The molecule has 0 heterocycles. The van der Waals surface area contributed by atoms with Crippen LogP contribution in [0, 0.1) is 5.41 Å². The first-order valence-corrected chi connectivity index (χ1v) is 7.23. The molecule has 0 aliphatic rings. The highest BCUT2D eigenvalue weighted by atomic mass is 35.5. The van der Waals surface area contributed by atoms with E-state index in [2.05, 4.69) is 5.32 Å². The maximum absolute atomic E-state index is 12.3. The first-order chi connectivity index (χ1) is 9.57. The predicted octanol–water partition coefficient (Wildman–Crippen LogP) is 3.23. The van der Waals surface area contributed by atoms with Crippen LogP contribution in [0.3, 0.4) is 0 Å². The maximum atomic E-state index is 12.3. The zero-order chi connectivity index (χ0) is 16.3. The summed E-state index contributed by atoms with van der Waals surface area (Å²) in [4.78, 5) is 23.3. The van der Waals surface area contributed by atoms with E-state index in [0.717, 1.165) is 5.56 Å². The first-order valence-electron chi connectivity index (χ1n) is 6.85. The summed E-state index contributed by atoms with van der Waals surface area (Å²) in [5.74, 6) is -1.00. The van der Waals surface area contributed by atoms with Crippen molar-refractivity contribution in [3.63, 3.8) is 0 Å². The molecule has 5 heteroatoms. The highest BCUT2D eigenvalue weighted by molar-refractivity contribution is 6.30. The van der Waals surface area contributed by atoms with Crippen LogP contribution in [0.25, 0.3) is 0 Å². The fourth-order valence-corrected chi connectivity index (χ4v) is 1.94. The average molecular weight is 312 g/mol. The Morgan fingerprint density at radius 1 is 1.14 bits per heavy atom. The van der Waals surface area contributed by atoms with Crippen LogP contribution < -0.4 is 5.32 Å². The van der Waals surface area contributed by atoms with Gasteiger partial charge in [0.25, 0.3) is 0 Å². The molecule has 21 heavy (non-hydrogen) atoms. The number of carboxylic acid groups (broad SMARTS) is 1. The van der Waals surface area contributed by atoms with Crippen molar-refractivity contribution in [1.82, 2.24) is 5.32 Å². The Balaban J connectivity index is 2.66. The van der Waals surface area contributed by atoms with Gasteiger partial charge in [0, 0.05) is 11.6 Å². The van der Waals surface area contributed by atoms with E-state index < -0.39 is 16.8 Å². The van der Waals surface area contributed by atoms with Crippen LogP contribution in [-0.2, 0) is 15.0 Å². The number of carboxylic acids is 1. The molecule has 0 atom stereocenters. The normalized spacial score (nSPS) is 12.0. The van der Waals surface area contributed by atoms with Gasteiger partial charge in [-0.15, -0.1) is 0 Å². The zero-order valence-corrected chi connectivity index (χ0v) is 13.6. The summed E-state index contributed by atoms with van der Waals surface area (Å²) in [7, 11) is 0. The Kier molecular flexibility index (Phi) is 5.40. The lowest BCUT2D eigenvalue weighted by Gasteiger charge is -2.25. The van der Waals surface area contributed by atoms with Crippen LogP contribution in [0.5, 0.6) is 0 Å². The highest BCUT2D eigenvalue weighted by Gasteiger charge is 2.31. The van der Waals surface area contributed by atoms with E-state index in [1.165, 1.54) is 0 Å². The quantitative estimate of drug-likeness (QED) is 0.847. The number of rotatable bonds is 6. The van der Waals surface area contributed by atoms with Crippen LogP contribution in [0.2, 0.25) is 5.02 Å². The van der Waals surface area contributed by atoms with Gasteiger partial charge in [-0.2, -0.15) is 0 Å². The van der Waals surface area contributed by atoms with Gasteiger partial charge < -0.3 is 10.4 Å². The maximum Gasteiger partial charge on any atom is 0.309 e. The molecule has 4 nitrogen and oxygen atoms in total. The summed E-state index contributed by atoms with van der Waals surface area (Å²) >= 11 is 5.85. The molecule has 0 aliphatic heterocycles. The van der Waals surface area contributed by atoms with Crippen molar-refractivity contribution in [2.75, 3.05) is 6.54 Å². The third-order valence-electron chi connectivity index (χ3n) is 3.75. The van der Waals surface area contributed by atoms with E-state index in [0.29, 0.717) is 18.0 Å². The summed E-state index contributed by atoms with van der Waals surface area (Å²) in [6.07, 6.45) is 0.380. The van der Waals surface area contributed by atoms with Gasteiger partial charge >= 0.3 is 5.97 Å². The second-order valence-corrected chi connectivity index (χ2v) is 6.76. The second-order valence-electron chi connectivity index (χ2n) is 6.33. The molecule has 1 aromatic carbocycles. The summed E-state index contributed by atoms with van der Waals surface area (Å²) < 4.78 is 0. The highest BCUT2D eigenvalue weighted by Crippen LogP contribution is 2.25. The Morgan fingerprint density at radius 3 is 2.14 bits per heavy atom. The van der Waals surface area contributed by atoms with Gasteiger partial charge in [0.1, 0.15) is 0 Å². The number of carbonyl (C=O) groups is 2. The van der Waals surface area contributed by atoms with Gasteiger partial charge in [-0.3, -0.25) is 9.59 Å². The van der Waals surface area contributed by atoms with Gasteiger partial charge in [-0.05, 0) is 51.8 Å². The van der Waals surface area contributed by atoms with E-state index in [-0.39, 0.29) is 5.91 Å². The van der Waals surface area contributed by atoms with Gasteiger partial charge in [0.2, 0.25) is 5.91 Å². The molecule has 116 valence electrons. The van der Waals surface area contributed by atoms with Crippen molar-refractivity contribution in [2.45, 2.75) is 39.5 Å². The van der Waals surface area contributed by atoms with Crippen LogP contribution in [0.1, 0.15) is 39.7 Å². The molecule has 0 fully saturated rings.